The number of hydrogen-bond donors (Lipinski definition) is 1. The van der Waals surface area contributed by atoms with Crippen LogP contribution < -0.4 is 14.8 Å². The predicted molar refractivity (Wildman–Crippen MR) is 91.6 cm³/mol. The van der Waals surface area contributed by atoms with Crippen LogP contribution in [0.25, 0.3) is 11.4 Å². The van der Waals surface area contributed by atoms with Crippen molar-refractivity contribution >= 4 is 17.6 Å². The molecule has 0 aliphatic heterocycles. The first-order chi connectivity index (χ1) is 11.7. The van der Waals surface area contributed by atoms with E-state index in [9.17, 15) is 0 Å². The number of methoxy groups -OCH3 is 2. The first-order valence-corrected chi connectivity index (χ1v) is 7.62. The number of benzene rings is 2. The third-order valence-electron chi connectivity index (χ3n) is 3.46. The maximum Gasteiger partial charge on any atom is 0.322 e. The first-order valence-electron chi connectivity index (χ1n) is 7.24. The Morgan fingerprint density at radius 2 is 1.88 bits per heavy atom. The van der Waals surface area contributed by atoms with Gasteiger partial charge in [-0.15, -0.1) is 0 Å². The molecule has 1 heterocycles. The van der Waals surface area contributed by atoms with Crippen molar-refractivity contribution in [1.29, 1.82) is 0 Å². The standard InChI is InChI=1S/C17H16ClN3O3/c1-22-14-8-7-11(9-15(14)23-2)16-20-17(24-21-16)19-10-12-5-3-4-6-13(12)18/h3-9H,10H2,1-2H3,(H,19,20,21). The van der Waals surface area contributed by atoms with Gasteiger partial charge in [0.15, 0.2) is 11.5 Å². The highest BCUT2D eigenvalue weighted by atomic mass is 35.5. The predicted octanol–water partition coefficient (Wildman–Crippen LogP) is 4.02. The highest BCUT2D eigenvalue weighted by Gasteiger charge is 2.12. The van der Waals surface area contributed by atoms with E-state index in [-0.39, 0.29) is 0 Å². The second-order valence-corrected chi connectivity index (χ2v) is 5.35. The van der Waals surface area contributed by atoms with Gasteiger partial charge in [0.25, 0.3) is 0 Å². The number of anilines is 1. The zero-order chi connectivity index (χ0) is 16.9. The number of nitrogens with one attached hydrogen (secondary N) is 1. The van der Waals surface area contributed by atoms with Gasteiger partial charge in [-0.2, -0.15) is 4.98 Å². The Hall–Kier alpha value is -2.73. The Balaban J connectivity index is 1.75. The molecule has 0 radical (unpaired) electrons. The largest absolute Gasteiger partial charge is 0.493 e. The highest BCUT2D eigenvalue weighted by Crippen LogP contribution is 2.31. The number of aromatic nitrogens is 2. The molecule has 0 fully saturated rings. The minimum Gasteiger partial charge on any atom is -0.493 e. The summed E-state index contributed by atoms with van der Waals surface area (Å²) in [5.74, 6) is 1.70. The maximum absolute atomic E-state index is 6.12. The summed E-state index contributed by atoms with van der Waals surface area (Å²) in [4.78, 5) is 4.33. The van der Waals surface area contributed by atoms with Crippen LogP contribution in [0, 0.1) is 0 Å². The Labute approximate surface area is 144 Å². The van der Waals surface area contributed by atoms with Crippen molar-refractivity contribution in [3.63, 3.8) is 0 Å². The number of rotatable bonds is 6. The third-order valence-corrected chi connectivity index (χ3v) is 3.82. The Kier molecular flexibility index (Phi) is 4.86. The van der Waals surface area contributed by atoms with Crippen LogP contribution in [0.3, 0.4) is 0 Å². The van der Waals surface area contributed by atoms with Gasteiger partial charge >= 0.3 is 6.01 Å². The van der Waals surface area contributed by atoms with Gasteiger partial charge in [0.2, 0.25) is 5.82 Å². The molecule has 0 saturated heterocycles. The SMILES string of the molecule is COc1ccc(-c2noc(NCc3ccccc3Cl)n2)cc1OC. The van der Waals surface area contributed by atoms with E-state index in [1.165, 1.54) is 0 Å². The van der Waals surface area contributed by atoms with Crippen molar-refractivity contribution in [2.45, 2.75) is 6.54 Å². The molecule has 2 aromatic carbocycles. The fourth-order valence-electron chi connectivity index (χ4n) is 2.20. The smallest absolute Gasteiger partial charge is 0.322 e. The van der Waals surface area contributed by atoms with E-state index < -0.39 is 0 Å². The van der Waals surface area contributed by atoms with Gasteiger partial charge < -0.3 is 19.3 Å². The van der Waals surface area contributed by atoms with Crippen molar-refractivity contribution in [3.05, 3.63) is 53.1 Å². The highest BCUT2D eigenvalue weighted by molar-refractivity contribution is 6.31. The van der Waals surface area contributed by atoms with Crippen LogP contribution in [-0.4, -0.2) is 24.4 Å². The monoisotopic (exact) mass is 345 g/mol. The first kappa shape index (κ1) is 16.1. The Morgan fingerprint density at radius 3 is 2.62 bits per heavy atom. The van der Waals surface area contributed by atoms with Crippen LogP contribution in [0.4, 0.5) is 6.01 Å². The summed E-state index contributed by atoms with van der Waals surface area (Å²) >= 11 is 6.12. The molecule has 0 aliphatic rings. The molecule has 0 aliphatic carbocycles. The van der Waals surface area contributed by atoms with Gasteiger partial charge in [0.1, 0.15) is 0 Å². The molecule has 0 unspecified atom stereocenters. The van der Waals surface area contributed by atoms with Gasteiger partial charge in [-0.1, -0.05) is 35.0 Å². The normalized spacial score (nSPS) is 10.5. The molecule has 0 spiro atoms. The van der Waals surface area contributed by atoms with E-state index >= 15 is 0 Å². The second-order valence-electron chi connectivity index (χ2n) is 4.94. The average Bonchev–Trinajstić information content (AvgIpc) is 3.09. The van der Waals surface area contributed by atoms with E-state index in [4.69, 9.17) is 25.6 Å². The fourth-order valence-corrected chi connectivity index (χ4v) is 2.40. The van der Waals surface area contributed by atoms with E-state index in [2.05, 4.69) is 15.5 Å². The summed E-state index contributed by atoms with van der Waals surface area (Å²) in [6.45, 7) is 0.493. The lowest BCUT2D eigenvalue weighted by Gasteiger charge is -2.07. The molecular weight excluding hydrogens is 330 g/mol. The van der Waals surface area contributed by atoms with Crippen LogP contribution in [0.1, 0.15) is 5.56 Å². The molecule has 1 aromatic heterocycles. The minimum absolute atomic E-state index is 0.319. The van der Waals surface area contributed by atoms with Crippen LogP contribution in [-0.2, 0) is 6.54 Å². The molecule has 3 rings (SSSR count). The van der Waals surface area contributed by atoms with E-state index in [1.807, 2.05) is 30.3 Å². The van der Waals surface area contributed by atoms with Crippen LogP contribution in [0.15, 0.2) is 47.0 Å². The van der Waals surface area contributed by atoms with Crippen molar-refractivity contribution in [2.24, 2.45) is 0 Å². The summed E-state index contributed by atoms with van der Waals surface area (Å²) in [5, 5.41) is 7.72. The zero-order valence-electron chi connectivity index (χ0n) is 13.2. The number of ether oxygens (including phenoxy) is 2. The Morgan fingerprint density at radius 1 is 1.08 bits per heavy atom. The lowest BCUT2D eigenvalue weighted by molar-refractivity contribution is 0.355. The van der Waals surface area contributed by atoms with E-state index in [0.717, 1.165) is 11.1 Å². The number of halogens is 1. The lowest BCUT2D eigenvalue weighted by Crippen LogP contribution is -2.00. The van der Waals surface area contributed by atoms with Crippen LogP contribution >= 0.6 is 11.6 Å². The molecule has 7 heteroatoms. The summed E-state index contributed by atoms with van der Waals surface area (Å²) in [5.41, 5.74) is 1.72. The van der Waals surface area contributed by atoms with Gasteiger partial charge in [0.05, 0.1) is 14.2 Å². The van der Waals surface area contributed by atoms with E-state index in [0.29, 0.717) is 34.9 Å². The van der Waals surface area contributed by atoms with Gasteiger partial charge in [-0.25, -0.2) is 0 Å². The Bertz CT molecular complexity index is 835. The molecule has 1 N–H and O–H groups in total. The molecule has 0 bridgehead atoms. The van der Waals surface area contributed by atoms with Crippen molar-refractivity contribution in [1.82, 2.24) is 10.1 Å². The summed E-state index contributed by atoms with van der Waals surface area (Å²) in [6, 6.07) is 13.3. The van der Waals surface area contributed by atoms with Gasteiger partial charge in [-0.3, -0.25) is 0 Å². The molecule has 6 nitrogen and oxygen atoms in total. The number of nitrogens with zero attached hydrogens (tertiary/aromatic N) is 2. The minimum atomic E-state index is 0.319. The van der Waals surface area contributed by atoms with Crippen molar-refractivity contribution in [3.8, 4) is 22.9 Å². The van der Waals surface area contributed by atoms with Crippen LogP contribution in [0.2, 0.25) is 5.02 Å². The second kappa shape index (κ2) is 7.23. The van der Waals surface area contributed by atoms with Crippen molar-refractivity contribution in [2.75, 3.05) is 19.5 Å². The molecular formula is C17H16ClN3O3. The summed E-state index contributed by atoms with van der Waals surface area (Å²) in [6.07, 6.45) is 0. The molecule has 24 heavy (non-hydrogen) atoms. The van der Waals surface area contributed by atoms with Crippen molar-refractivity contribution < 1.29 is 14.0 Å². The quantitative estimate of drug-likeness (QED) is 0.727. The third kappa shape index (κ3) is 3.44. The van der Waals surface area contributed by atoms with Gasteiger partial charge in [-0.05, 0) is 29.8 Å². The summed E-state index contributed by atoms with van der Waals surface area (Å²) < 4.78 is 15.7. The molecule has 0 amide bonds. The molecule has 0 saturated carbocycles. The average molecular weight is 346 g/mol. The molecule has 0 atom stereocenters. The molecule has 3 aromatic rings. The lowest BCUT2D eigenvalue weighted by atomic mass is 10.2. The topological polar surface area (TPSA) is 69.4 Å². The zero-order valence-corrected chi connectivity index (χ0v) is 14.0. The maximum atomic E-state index is 6.12. The van der Waals surface area contributed by atoms with Gasteiger partial charge in [0, 0.05) is 17.1 Å². The van der Waals surface area contributed by atoms with E-state index in [1.54, 1.807) is 26.4 Å². The van der Waals surface area contributed by atoms with Crippen LogP contribution in [0.5, 0.6) is 11.5 Å². The number of hydrogen-bond acceptors (Lipinski definition) is 6. The fraction of sp³-hybridized carbons (Fsp3) is 0.176. The molecule has 124 valence electrons. The summed E-state index contributed by atoms with van der Waals surface area (Å²) in [7, 11) is 3.16.